The third-order valence-electron chi connectivity index (χ3n) is 6.76. The van der Waals surface area contributed by atoms with Crippen LogP contribution in [0.2, 0.25) is 0 Å². The second-order valence-electron chi connectivity index (χ2n) is 10.0. The summed E-state index contributed by atoms with van der Waals surface area (Å²) >= 11 is 0. The average Bonchev–Trinajstić information content (AvgIpc) is 2.96. The molecule has 1 unspecified atom stereocenters. The van der Waals surface area contributed by atoms with Crippen LogP contribution in [0.3, 0.4) is 0 Å². The quantitative estimate of drug-likeness (QED) is 0.306. The minimum Gasteiger partial charge on any atom is -0.493 e. The minimum atomic E-state index is -4.38. The Hall–Kier alpha value is -4.12. The molecule has 0 saturated heterocycles. The third-order valence-corrected chi connectivity index (χ3v) is 8.53. The van der Waals surface area contributed by atoms with Crippen LogP contribution in [0.4, 0.5) is 10.1 Å². The van der Waals surface area contributed by atoms with Crippen LogP contribution in [0.1, 0.15) is 38.3 Å². The first-order chi connectivity index (χ1) is 19.9. The van der Waals surface area contributed by atoms with Crippen LogP contribution >= 0.6 is 0 Å². The molecule has 0 aliphatic rings. The Labute approximate surface area is 247 Å². The van der Waals surface area contributed by atoms with Crippen LogP contribution in [0.15, 0.2) is 71.6 Å². The smallest absolute Gasteiger partial charge is 0.264 e. The molecule has 0 heterocycles. The van der Waals surface area contributed by atoms with Gasteiger partial charge in [0.1, 0.15) is 18.4 Å². The number of methoxy groups -OCH3 is 2. The Morgan fingerprint density at radius 2 is 1.60 bits per heavy atom. The van der Waals surface area contributed by atoms with E-state index >= 15 is 0 Å². The molecule has 3 aromatic rings. The minimum absolute atomic E-state index is 0.0788. The monoisotopic (exact) mass is 599 g/mol. The lowest BCUT2D eigenvalue weighted by molar-refractivity contribution is -0.140. The molecular formula is C31H38FN3O6S. The van der Waals surface area contributed by atoms with Gasteiger partial charge in [0.15, 0.2) is 11.5 Å². The van der Waals surface area contributed by atoms with Crippen LogP contribution in [-0.4, -0.2) is 58.0 Å². The first kappa shape index (κ1) is 32.4. The zero-order valence-electron chi connectivity index (χ0n) is 24.8. The van der Waals surface area contributed by atoms with Crippen LogP contribution in [-0.2, 0) is 26.2 Å². The van der Waals surface area contributed by atoms with Crippen molar-refractivity contribution in [3.05, 3.63) is 83.7 Å². The Balaban J connectivity index is 2.11. The number of ether oxygens (including phenoxy) is 2. The first-order valence-electron chi connectivity index (χ1n) is 13.6. The molecule has 2 amide bonds. The number of aryl methyl sites for hydroxylation is 1. The lowest BCUT2D eigenvalue weighted by Crippen LogP contribution is -2.53. The SMILES string of the molecule is CCC(C(=O)NC(C)C)N(Cc1ccccc1C)C(=O)CN(c1ccc(F)cc1)S(=O)(=O)c1ccc(OC)c(OC)c1. The van der Waals surface area contributed by atoms with Crippen molar-refractivity contribution in [1.29, 1.82) is 0 Å². The topological polar surface area (TPSA) is 105 Å². The fraction of sp³-hybridized carbons (Fsp3) is 0.355. The van der Waals surface area contributed by atoms with Gasteiger partial charge in [-0.1, -0.05) is 31.2 Å². The maximum atomic E-state index is 14.1. The van der Waals surface area contributed by atoms with Gasteiger partial charge in [-0.15, -0.1) is 0 Å². The van der Waals surface area contributed by atoms with Gasteiger partial charge in [0.2, 0.25) is 11.8 Å². The number of benzene rings is 3. The summed E-state index contributed by atoms with van der Waals surface area (Å²) in [7, 11) is -1.57. The van der Waals surface area contributed by atoms with Gasteiger partial charge < -0.3 is 19.7 Å². The fourth-order valence-corrected chi connectivity index (χ4v) is 5.94. The number of nitrogens with one attached hydrogen (secondary N) is 1. The second-order valence-corrected chi connectivity index (χ2v) is 11.9. The van der Waals surface area contributed by atoms with Gasteiger partial charge in [-0.3, -0.25) is 13.9 Å². The Kier molecular flexibility index (Phi) is 10.9. The van der Waals surface area contributed by atoms with E-state index in [-0.39, 0.29) is 34.8 Å². The Morgan fingerprint density at radius 3 is 2.17 bits per heavy atom. The van der Waals surface area contributed by atoms with E-state index in [2.05, 4.69) is 5.32 Å². The molecule has 0 spiro atoms. The number of carbonyl (C=O) groups is 2. The van der Waals surface area contributed by atoms with Gasteiger partial charge in [0.25, 0.3) is 10.0 Å². The summed E-state index contributed by atoms with van der Waals surface area (Å²) in [6, 6.07) is 15.3. The molecule has 9 nitrogen and oxygen atoms in total. The van der Waals surface area contributed by atoms with Crippen molar-refractivity contribution in [2.24, 2.45) is 0 Å². The Morgan fingerprint density at radius 1 is 0.952 bits per heavy atom. The summed E-state index contributed by atoms with van der Waals surface area (Å²) in [5.74, 6) is -0.997. The highest BCUT2D eigenvalue weighted by Gasteiger charge is 2.34. The number of hydrogen-bond acceptors (Lipinski definition) is 6. The number of rotatable bonds is 13. The van der Waals surface area contributed by atoms with Gasteiger partial charge >= 0.3 is 0 Å². The van der Waals surface area contributed by atoms with E-state index in [0.717, 1.165) is 27.6 Å². The highest BCUT2D eigenvalue weighted by atomic mass is 32.2. The molecular weight excluding hydrogens is 561 g/mol. The van der Waals surface area contributed by atoms with Gasteiger partial charge in [-0.25, -0.2) is 12.8 Å². The number of amides is 2. The molecule has 0 aliphatic carbocycles. The van der Waals surface area contributed by atoms with Crippen molar-refractivity contribution in [3.63, 3.8) is 0 Å². The molecule has 3 aromatic carbocycles. The number of hydrogen-bond donors (Lipinski definition) is 1. The van der Waals surface area contributed by atoms with Crippen LogP contribution in [0.25, 0.3) is 0 Å². The van der Waals surface area contributed by atoms with Crippen molar-refractivity contribution >= 4 is 27.5 Å². The van der Waals surface area contributed by atoms with E-state index in [9.17, 15) is 22.4 Å². The molecule has 1 atom stereocenters. The van der Waals surface area contributed by atoms with Crippen LogP contribution in [0.5, 0.6) is 11.5 Å². The van der Waals surface area contributed by atoms with Crippen molar-refractivity contribution in [3.8, 4) is 11.5 Å². The molecule has 0 aromatic heterocycles. The van der Waals surface area contributed by atoms with Gasteiger partial charge in [-0.05, 0) is 74.7 Å². The molecule has 3 rings (SSSR count). The van der Waals surface area contributed by atoms with E-state index in [0.29, 0.717) is 12.2 Å². The fourth-order valence-electron chi connectivity index (χ4n) is 4.51. The van der Waals surface area contributed by atoms with Crippen molar-refractivity contribution in [2.45, 2.75) is 57.6 Å². The highest BCUT2D eigenvalue weighted by Crippen LogP contribution is 2.32. The summed E-state index contributed by atoms with van der Waals surface area (Å²) in [4.78, 5) is 28.6. The number of carbonyl (C=O) groups excluding carboxylic acids is 2. The largest absolute Gasteiger partial charge is 0.493 e. The molecule has 0 fully saturated rings. The van der Waals surface area contributed by atoms with Gasteiger partial charge in [0, 0.05) is 18.7 Å². The number of halogens is 1. The molecule has 0 aliphatic heterocycles. The van der Waals surface area contributed by atoms with E-state index < -0.39 is 34.3 Å². The van der Waals surface area contributed by atoms with Crippen molar-refractivity contribution in [1.82, 2.24) is 10.2 Å². The predicted molar refractivity (Wildman–Crippen MR) is 160 cm³/mol. The molecule has 42 heavy (non-hydrogen) atoms. The maximum Gasteiger partial charge on any atom is 0.264 e. The summed E-state index contributed by atoms with van der Waals surface area (Å²) in [6.45, 7) is 6.79. The molecule has 1 N–H and O–H groups in total. The standard InChI is InChI=1S/C31H38FN3O6S/c1-7-27(31(37)33-21(2)3)34(19-23-11-9-8-10-22(23)4)30(36)20-35(25-14-12-24(32)13-15-25)42(38,39)26-16-17-28(40-5)29(18-26)41-6/h8-18,21,27H,7,19-20H2,1-6H3,(H,33,37). The van der Waals surface area contributed by atoms with E-state index in [1.165, 1.54) is 49.5 Å². The molecule has 0 saturated carbocycles. The number of sulfonamides is 1. The summed E-state index contributed by atoms with van der Waals surface area (Å²) in [5, 5.41) is 2.87. The van der Waals surface area contributed by atoms with E-state index in [1.54, 1.807) is 6.92 Å². The lowest BCUT2D eigenvalue weighted by atomic mass is 10.1. The number of nitrogens with zero attached hydrogens (tertiary/aromatic N) is 2. The highest BCUT2D eigenvalue weighted by molar-refractivity contribution is 7.92. The Bertz CT molecular complexity index is 1490. The lowest BCUT2D eigenvalue weighted by Gasteiger charge is -2.34. The third kappa shape index (κ3) is 7.58. The maximum absolute atomic E-state index is 14.1. The van der Waals surface area contributed by atoms with Crippen molar-refractivity contribution < 1.29 is 31.9 Å². The van der Waals surface area contributed by atoms with Crippen LogP contribution < -0.4 is 19.1 Å². The molecule has 226 valence electrons. The van der Waals surface area contributed by atoms with E-state index in [1.807, 2.05) is 45.0 Å². The second kappa shape index (κ2) is 14.2. The van der Waals surface area contributed by atoms with E-state index in [4.69, 9.17) is 9.47 Å². The summed E-state index contributed by atoms with van der Waals surface area (Å²) in [6.07, 6.45) is 0.301. The van der Waals surface area contributed by atoms with Gasteiger partial charge in [0.05, 0.1) is 24.8 Å². The normalized spacial score (nSPS) is 12.0. The van der Waals surface area contributed by atoms with Gasteiger partial charge in [-0.2, -0.15) is 0 Å². The van der Waals surface area contributed by atoms with Crippen molar-refractivity contribution in [2.75, 3.05) is 25.1 Å². The summed E-state index contributed by atoms with van der Waals surface area (Å²) in [5.41, 5.74) is 1.82. The average molecular weight is 600 g/mol. The van der Waals surface area contributed by atoms with Crippen LogP contribution in [0, 0.1) is 12.7 Å². The zero-order chi connectivity index (χ0) is 31.0. The number of anilines is 1. The molecule has 0 radical (unpaired) electrons. The first-order valence-corrected chi connectivity index (χ1v) is 15.0. The molecule has 0 bridgehead atoms. The summed E-state index contributed by atoms with van der Waals surface area (Å²) < 4.78 is 53.4. The zero-order valence-corrected chi connectivity index (χ0v) is 25.6. The molecule has 11 heteroatoms. The predicted octanol–water partition coefficient (Wildman–Crippen LogP) is 4.68.